The maximum Gasteiger partial charge on any atom is 0.318 e. The van der Waals surface area contributed by atoms with E-state index in [1.54, 1.807) is 6.07 Å². The number of sulfonamides is 1. The summed E-state index contributed by atoms with van der Waals surface area (Å²) < 4.78 is 24.8. The van der Waals surface area contributed by atoms with Gasteiger partial charge in [0.15, 0.2) is 0 Å². The molecule has 1 aromatic heterocycles. The van der Waals surface area contributed by atoms with Crippen molar-refractivity contribution in [1.29, 1.82) is 0 Å². The van der Waals surface area contributed by atoms with Crippen molar-refractivity contribution in [3.63, 3.8) is 0 Å². The fourth-order valence-electron chi connectivity index (χ4n) is 1.12. The standard InChI is InChI=1S/C9H13NO4S2/c1-3-7-4-5-9(15-7)16(13,14)10(2)6-8(11)12/h4-5H,3,6H2,1-2H3,(H,11,12). The van der Waals surface area contributed by atoms with Gasteiger partial charge in [0.1, 0.15) is 10.8 Å². The van der Waals surface area contributed by atoms with E-state index in [1.807, 2.05) is 6.92 Å². The van der Waals surface area contributed by atoms with Crippen LogP contribution in [-0.4, -0.2) is 37.4 Å². The Morgan fingerprint density at radius 3 is 2.56 bits per heavy atom. The molecule has 0 aromatic carbocycles. The summed E-state index contributed by atoms with van der Waals surface area (Å²) in [5.41, 5.74) is 0. The molecule has 0 radical (unpaired) electrons. The molecular formula is C9H13NO4S2. The van der Waals surface area contributed by atoms with Crippen molar-refractivity contribution in [2.75, 3.05) is 13.6 Å². The van der Waals surface area contributed by atoms with E-state index in [0.717, 1.165) is 15.6 Å². The first kappa shape index (κ1) is 13.1. The fraction of sp³-hybridized carbons (Fsp3) is 0.444. The first-order valence-corrected chi connectivity index (χ1v) is 6.90. The van der Waals surface area contributed by atoms with Crippen LogP contribution in [0.5, 0.6) is 0 Å². The Balaban J connectivity index is 2.97. The molecule has 0 atom stereocenters. The predicted octanol–water partition coefficient (Wildman–Crippen LogP) is 1.02. The van der Waals surface area contributed by atoms with E-state index in [-0.39, 0.29) is 4.21 Å². The Bertz CT molecular complexity index is 477. The Kier molecular flexibility index (Phi) is 4.06. The van der Waals surface area contributed by atoms with Crippen molar-refractivity contribution in [3.05, 3.63) is 17.0 Å². The van der Waals surface area contributed by atoms with Crippen LogP contribution in [0.1, 0.15) is 11.8 Å². The number of thiophene rings is 1. The van der Waals surface area contributed by atoms with Crippen molar-refractivity contribution in [2.24, 2.45) is 0 Å². The van der Waals surface area contributed by atoms with E-state index in [0.29, 0.717) is 0 Å². The van der Waals surface area contributed by atoms with Gasteiger partial charge in [-0.2, -0.15) is 4.31 Å². The predicted molar refractivity (Wildman–Crippen MR) is 61.1 cm³/mol. The normalized spacial score (nSPS) is 11.9. The number of hydrogen-bond acceptors (Lipinski definition) is 4. The molecule has 0 fully saturated rings. The van der Waals surface area contributed by atoms with Crippen LogP contribution >= 0.6 is 11.3 Å². The SMILES string of the molecule is CCc1ccc(S(=O)(=O)N(C)CC(=O)O)s1. The molecule has 0 aliphatic rings. The van der Waals surface area contributed by atoms with Crippen molar-refractivity contribution < 1.29 is 18.3 Å². The van der Waals surface area contributed by atoms with Crippen LogP contribution in [0.2, 0.25) is 0 Å². The summed E-state index contributed by atoms with van der Waals surface area (Å²) >= 11 is 1.17. The molecule has 0 bridgehead atoms. The monoisotopic (exact) mass is 263 g/mol. The van der Waals surface area contributed by atoms with Crippen LogP contribution in [0.3, 0.4) is 0 Å². The fourth-order valence-corrected chi connectivity index (χ4v) is 3.74. The van der Waals surface area contributed by atoms with Gasteiger partial charge in [-0.15, -0.1) is 11.3 Å². The first-order chi connectivity index (χ1) is 7.37. The second-order valence-corrected chi connectivity index (χ2v) is 6.67. The van der Waals surface area contributed by atoms with Crippen molar-refractivity contribution >= 4 is 27.3 Å². The number of carbonyl (C=O) groups is 1. The Morgan fingerprint density at radius 2 is 2.12 bits per heavy atom. The lowest BCUT2D eigenvalue weighted by molar-refractivity contribution is -0.137. The molecule has 0 spiro atoms. The molecule has 90 valence electrons. The van der Waals surface area contributed by atoms with Gasteiger partial charge < -0.3 is 5.11 Å². The molecule has 1 heterocycles. The Hall–Kier alpha value is -0.920. The van der Waals surface area contributed by atoms with Gasteiger partial charge >= 0.3 is 5.97 Å². The van der Waals surface area contributed by atoms with Crippen molar-refractivity contribution in [2.45, 2.75) is 17.6 Å². The van der Waals surface area contributed by atoms with Gasteiger partial charge in [-0.1, -0.05) is 6.92 Å². The Morgan fingerprint density at radius 1 is 1.50 bits per heavy atom. The highest BCUT2D eigenvalue weighted by Gasteiger charge is 2.24. The quantitative estimate of drug-likeness (QED) is 0.860. The van der Waals surface area contributed by atoms with Gasteiger partial charge in [0.05, 0.1) is 0 Å². The molecule has 0 aliphatic carbocycles. The number of carboxylic acid groups (broad SMARTS) is 1. The van der Waals surface area contributed by atoms with Gasteiger partial charge in [0.2, 0.25) is 0 Å². The Labute approximate surface area is 98.4 Å². The topological polar surface area (TPSA) is 74.7 Å². The summed E-state index contributed by atoms with van der Waals surface area (Å²) in [6.07, 6.45) is 0.767. The van der Waals surface area contributed by atoms with Gasteiger partial charge in [-0.05, 0) is 18.6 Å². The number of likely N-dealkylation sites (N-methyl/N-ethyl adjacent to an activating group) is 1. The molecule has 0 saturated carbocycles. The lowest BCUT2D eigenvalue weighted by atomic mass is 10.4. The molecule has 0 amide bonds. The summed E-state index contributed by atoms with van der Waals surface area (Å²) in [5, 5.41) is 8.54. The zero-order chi connectivity index (χ0) is 12.3. The lowest BCUT2D eigenvalue weighted by Crippen LogP contribution is -2.31. The molecule has 1 N–H and O–H groups in total. The average molecular weight is 263 g/mol. The van der Waals surface area contributed by atoms with Crippen LogP contribution in [0.4, 0.5) is 0 Å². The van der Waals surface area contributed by atoms with E-state index in [9.17, 15) is 13.2 Å². The molecule has 7 heteroatoms. The van der Waals surface area contributed by atoms with E-state index in [1.165, 1.54) is 24.5 Å². The van der Waals surface area contributed by atoms with Crippen molar-refractivity contribution in [1.82, 2.24) is 4.31 Å². The molecule has 1 aromatic rings. The highest BCUT2D eigenvalue weighted by molar-refractivity contribution is 7.91. The van der Waals surface area contributed by atoms with E-state index < -0.39 is 22.5 Å². The molecule has 0 unspecified atom stereocenters. The van der Waals surface area contributed by atoms with Gasteiger partial charge in [-0.25, -0.2) is 8.42 Å². The molecule has 5 nitrogen and oxygen atoms in total. The minimum atomic E-state index is -3.65. The van der Waals surface area contributed by atoms with Crippen LogP contribution in [0, 0.1) is 0 Å². The third-order valence-electron chi connectivity index (χ3n) is 2.01. The molecule has 0 saturated heterocycles. The summed E-state index contributed by atoms with van der Waals surface area (Å²) in [6, 6.07) is 3.25. The third-order valence-corrected chi connectivity index (χ3v) is 5.51. The van der Waals surface area contributed by atoms with Gasteiger partial charge in [0, 0.05) is 11.9 Å². The summed E-state index contributed by atoms with van der Waals surface area (Å²) in [4.78, 5) is 11.4. The second kappa shape index (κ2) is 4.94. The number of hydrogen-bond donors (Lipinski definition) is 1. The minimum Gasteiger partial charge on any atom is -0.480 e. The largest absolute Gasteiger partial charge is 0.480 e. The number of rotatable bonds is 5. The van der Waals surface area contributed by atoms with Crippen molar-refractivity contribution in [3.8, 4) is 0 Å². The van der Waals surface area contributed by atoms with Crippen LogP contribution in [0.15, 0.2) is 16.3 Å². The first-order valence-electron chi connectivity index (χ1n) is 4.64. The summed E-state index contributed by atoms with van der Waals surface area (Å²) in [6.45, 7) is 1.41. The van der Waals surface area contributed by atoms with E-state index in [4.69, 9.17) is 5.11 Å². The second-order valence-electron chi connectivity index (χ2n) is 3.23. The molecule has 0 aliphatic heterocycles. The lowest BCUT2D eigenvalue weighted by Gasteiger charge is -2.12. The minimum absolute atomic E-state index is 0.188. The highest BCUT2D eigenvalue weighted by Crippen LogP contribution is 2.24. The smallest absolute Gasteiger partial charge is 0.318 e. The van der Waals surface area contributed by atoms with E-state index in [2.05, 4.69) is 0 Å². The zero-order valence-electron chi connectivity index (χ0n) is 9.00. The van der Waals surface area contributed by atoms with Crippen LogP contribution in [0.25, 0.3) is 0 Å². The number of aryl methyl sites for hydroxylation is 1. The maximum absolute atomic E-state index is 11.9. The van der Waals surface area contributed by atoms with Crippen LogP contribution in [-0.2, 0) is 21.2 Å². The number of aliphatic carboxylic acids is 1. The highest BCUT2D eigenvalue weighted by atomic mass is 32.2. The molecular weight excluding hydrogens is 250 g/mol. The summed E-state index contributed by atoms with van der Waals surface area (Å²) in [5.74, 6) is -1.17. The molecule has 16 heavy (non-hydrogen) atoms. The number of nitrogens with zero attached hydrogens (tertiary/aromatic N) is 1. The van der Waals surface area contributed by atoms with E-state index >= 15 is 0 Å². The zero-order valence-corrected chi connectivity index (χ0v) is 10.6. The molecule has 1 rings (SSSR count). The average Bonchev–Trinajstić information content (AvgIpc) is 2.65. The van der Waals surface area contributed by atoms with Gasteiger partial charge in [0.25, 0.3) is 10.0 Å². The third kappa shape index (κ3) is 2.81. The van der Waals surface area contributed by atoms with Crippen LogP contribution < -0.4 is 0 Å². The summed E-state index contributed by atoms with van der Waals surface area (Å²) in [7, 11) is -2.39. The van der Waals surface area contributed by atoms with Gasteiger partial charge in [-0.3, -0.25) is 4.79 Å². The maximum atomic E-state index is 11.9. The number of carboxylic acids is 1.